The van der Waals surface area contributed by atoms with E-state index in [1.54, 1.807) is 12.1 Å². The standard InChI is InChI=1S/C9H10INO3/c10-6-3-1-2-5(9(13)14)8(6)7(11)4-12/h1-3,7,12H,4,11H2,(H,13,14)/t7-/m1/s1. The Morgan fingerprint density at radius 1 is 1.57 bits per heavy atom. The minimum atomic E-state index is -1.03. The summed E-state index contributed by atoms with van der Waals surface area (Å²) >= 11 is 2.00. The average Bonchev–Trinajstić information content (AvgIpc) is 2.16. The average molecular weight is 307 g/mol. The topological polar surface area (TPSA) is 83.5 Å². The number of rotatable bonds is 3. The largest absolute Gasteiger partial charge is 0.478 e. The van der Waals surface area contributed by atoms with Crippen molar-refractivity contribution < 1.29 is 15.0 Å². The van der Waals surface area contributed by atoms with Crippen molar-refractivity contribution in [3.8, 4) is 0 Å². The van der Waals surface area contributed by atoms with Gasteiger partial charge in [-0.3, -0.25) is 0 Å². The highest BCUT2D eigenvalue weighted by atomic mass is 127. The Bertz CT molecular complexity index is 354. The van der Waals surface area contributed by atoms with E-state index in [-0.39, 0.29) is 12.2 Å². The second-order valence-corrected chi connectivity index (χ2v) is 3.96. The Hall–Kier alpha value is -0.660. The summed E-state index contributed by atoms with van der Waals surface area (Å²) in [5.74, 6) is -1.03. The smallest absolute Gasteiger partial charge is 0.336 e. The summed E-state index contributed by atoms with van der Waals surface area (Å²) in [6, 6.07) is 4.25. The van der Waals surface area contributed by atoms with Crippen molar-refractivity contribution in [1.82, 2.24) is 0 Å². The van der Waals surface area contributed by atoms with Crippen LogP contribution in [-0.4, -0.2) is 22.8 Å². The number of hydrogen-bond acceptors (Lipinski definition) is 3. The zero-order chi connectivity index (χ0) is 10.7. The molecular formula is C9H10INO3. The normalized spacial score (nSPS) is 12.5. The van der Waals surface area contributed by atoms with Gasteiger partial charge in [-0.2, -0.15) is 0 Å². The summed E-state index contributed by atoms with van der Waals surface area (Å²) in [6.07, 6.45) is 0. The molecule has 0 saturated heterocycles. The number of aromatic carboxylic acids is 1. The third kappa shape index (κ3) is 2.23. The zero-order valence-corrected chi connectivity index (χ0v) is 9.43. The number of halogens is 1. The lowest BCUT2D eigenvalue weighted by molar-refractivity contribution is 0.0694. The summed E-state index contributed by atoms with van der Waals surface area (Å²) in [5.41, 5.74) is 6.26. The number of benzene rings is 1. The number of nitrogens with two attached hydrogens (primary N) is 1. The molecule has 4 nitrogen and oxygen atoms in total. The third-order valence-corrected chi connectivity index (χ3v) is 2.79. The number of hydrogen-bond donors (Lipinski definition) is 3. The Kier molecular flexibility index (Phi) is 3.85. The van der Waals surface area contributed by atoms with Gasteiger partial charge in [0.05, 0.1) is 18.2 Å². The van der Waals surface area contributed by atoms with Crippen molar-refractivity contribution in [1.29, 1.82) is 0 Å². The molecule has 76 valence electrons. The van der Waals surface area contributed by atoms with Crippen LogP contribution in [-0.2, 0) is 0 Å². The second-order valence-electron chi connectivity index (χ2n) is 2.80. The van der Waals surface area contributed by atoms with E-state index in [2.05, 4.69) is 0 Å². The van der Waals surface area contributed by atoms with E-state index in [1.165, 1.54) is 6.07 Å². The lowest BCUT2D eigenvalue weighted by Crippen LogP contribution is -2.19. The SMILES string of the molecule is N[C@H](CO)c1c(I)cccc1C(=O)O. The highest BCUT2D eigenvalue weighted by molar-refractivity contribution is 14.1. The molecule has 0 aliphatic carbocycles. The van der Waals surface area contributed by atoms with Gasteiger partial charge in [0.1, 0.15) is 0 Å². The van der Waals surface area contributed by atoms with Crippen LogP contribution in [0.2, 0.25) is 0 Å². The summed E-state index contributed by atoms with van der Waals surface area (Å²) in [7, 11) is 0. The van der Waals surface area contributed by atoms with Crippen molar-refractivity contribution in [2.75, 3.05) is 6.61 Å². The predicted octanol–water partition coefficient (Wildman–Crippen LogP) is 0.982. The summed E-state index contributed by atoms with van der Waals surface area (Å²) in [6.45, 7) is -0.264. The second kappa shape index (κ2) is 4.72. The van der Waals surface area contributed by atoms with E-state index >= 15 is 0 Å². The maximum Gasteiger partial charge on any atom is 0.336 e. The molecule has 1 aromatic carbocycles. The molecular weight excluding hydrogens is 297 g/mol. The molecule has 1 atom stereocenters. The number of carbonyl (C=O) groups is 1. The molecule has 0 saturated carbocycles. The molecule has 0 aromatic heterocycles. The fourth-order valence-corrected chi connectivity index (χ4v) is 2.09. The van der Waals surface area contributed by atoms with E-state index in [0.717, 1.165) is 3.57 Å². The molecule has 1 aromatic rings. The quantitative estimate of drug-likeness (QED) is 0.727. The summed E-state index contributed by atoms with van der Waals surface area (Å²) in [5, 5.41) is 17.8. The van der Waals surface area contributed by atoms with E-state index in [0.29, 0.717) is 5.56 Å². The first-order valence-electron chi connectivity index (χ1n) is 3.96. The molecule has 0 radical (unpaired) electrons. The predicted molar refractivity (Wildman–Crippen MR) is 60.1 cm³/mol. The molecule has 0 amide bonds. The minimum Gasteiger partial charge on any atom is -0.478 e. The lowest BCUT2D eigenvalue weighted by Gasteiger charge is -2.13. The van der Waals surface area contributed by atoms with Crippen molar-refractivity contribution in [3.63, 3.8) is 0 Å². The third-order valence-electron chi connectivity index (χ3n) is 1.85. The Morgan fingerprint density at radius 3 is 2.71 bits per heavy atom. The number of aliphatic hydroxyl groups is 1. The highest BCUT2D eigenvalue weighted by Gasteiger charge is 2.17. The van der Waals surface area contributed by atoms with Gasteiger partial charge in [-0.05, 0) is 40.3 Å². The molecule has 0 unspecified atom stereocenters. The van der Waals surface area contributed by atoms with E-state index in [4.69, 9.17) is 15.9 Å². The molecule has 0 fully saturated rings. The van der Waals surface area contributed by atoms with Crippen LogP contribution >= 0.6 is 22.6 Å². The Morgan fingerprint density at radius 2 is 2.21 bits per heavy atom. The zero-order valence-electron chi connectivity index (χ0n) is 7.27. The van der Waals surface area contributed by atoms with Crippen LogP contribution in [0, 0.1) is 3.57 Å². The van der Waals surface area contributed by atoms with Gasteiger partial charge < -0.3 is 15.9 Å². The Balaban J connectivity index is 3.29. The first-order valence-corrected chi connectivity index (χ1v) is 5.04. The van der Waals surface area contributed by atoms with Crippen LogP contribution in [0.25, 0.3) is 0 Å². The monoisotopic (exact) mass is 307 g/mol. The van der Waals surface area contributed by atoms with Gasteiger partial charge in [0.2, 0.25) is 0 Å². The van der Waals surface area contributed by atoms with Gasteiger partial charge in [0.15, 0.2) is 0 Å². The van der Waals surface area contributed by atoms with Crippen molar-refractivity contribution >= 4 is 28.6 Å². The van der Waals surface area contributed by atoms with Crippen LogP contribution in [0.3, 0.4) is 0 Å². The first-order chi connectivity index (χ1) is 6.57. The van der Waals surface area contributed by atoms with Gasteiger partial charge in [-0.15, -0.1) is 0 Å². The Labute approximate surface area is 94.9 Å². The van der Waals surface area contributed by atoms with Crippen LogP contribution in [0.4, 0.5) is 0 Å². The fourth-order valence-electron chi connectivity index (χ4n) is 1.19. The van der Waals surface area contributed by atoms with Gasteiger partial charge in [-0.25, -0.2) is 4.79 Å². The van der Waals surface area contributed by atoms with Crippen molar-refractivity contribution in [2.24, 2.45) is 5.73 Å². The molecule has 4 N–H and O–H groups in total. The van der Waals surface area contributed by atoms with Gasteiger partial charge in [0, 0.05) is 3.57 Å². The van der Waals surface area contributed by atoms with E-state index < -0.39 is 12.0 Å². The molecule has 0 aliphatic heterocycles. The van der Waals surface area contributed by atoms with Crippen molar-refractivity contribution in [3.05, 3.63) is 32.9 Å². The molecule has 0 aliphatic rings. The van der Waals surface area contributed by atoms with E-state index in [9.17, 15) is 4.79 Å². The van der Waals surface area contributed by atoms with Crippen LogP contribution in [0.5, 0.6) is 0 Å². The van der Waals surface area contributed by atoms with Crippen LogP contribution in [0.15, 0.2) is 18.2 Å². The fraction of sp³-hybridized carbons (Fsp3) is 0.222. The van der Waals surface area contributed by atoms with Gasteiger partial charge in [0.25, 0.3) is 0 Å². The molecule has 5 heteroatoms. The molecule has 0 spiro atoms. The van der Waals surface area contributed by atoms with E-state index in [1.807, 2.05) is 22.6 Å². The molecule has 14 heavy (non-hydrogen) atoms. The van der Waals surface area contributed by atoms with Crippen molar-refractivity contribution in [2.45, 2.75) is 6.04 Å². The maximum atomic E-state index is 10.9. The molecule has 0 heterocycles. The first kappa shape index (κ1) is 11.4. The number of carboxylic acid groups (broad SMARTS) is 1. The lowest BCUT2D eigenvalue weighted by atomic mass is 10.0. The number of carboxylic acids is 1. The van der Waals surface area contributed by atoms with Crippen LogP contribution < -0.4 is 5.73 Å². The molecule has 1 rings (SSSR count). The van der Waals surface area contributed by atoms with Gasteiger partial charge >= 0.3 is 5.97 Å². The van der Waals surface area contributed by atoms with Crippen LogP contribution in [0.1, 0.15) is 22.0 Å². The summed E-state index contributed by atoms with van der Waals surface area (Å²) in [4.78, 5) is 10.9. The maximum absolute atomic E-state index is 10.9. The number of aliphatic hydroxyl groups excluding tert-OH is 1. The minimum absolute atomic E-state index is 0.151. The molecule has 0 bridgehead atoms. The highest BCUT2D eigenvalue weighted by Crippen LogP contribution is 2.22. The summed E-state index contributed by atoms with van der Waals surface area (Å²) < 4.78 is 0.754. The van der Waals surface area contributed by atoms with Gasteiger partial charge in [-0.1, -0.05) is 6.07 Å².